The standard InChI is InChI=1S/C17H22N2S/c1-13-5-2-3-7-16(13)20-15-6-4-10-17(11-15,12-18)19-14-8-9-14/h2-3,5,7,14-15,19H,4,6,8-11H2,1H3. The van der Waals surface area contributed by atoms with Crippen molar-refractivity contribution in [1.82, 2.24) is 5.32 Å². The van der Waals surface area contributed by atoms with Gasteiger partial charge in [0.15, 0.2) is 0 Å². The van der Waals surface area contributed by atoms with E-state index in [4.69, 9.17) is 0 Å². The van der Waals surface area contributed by atoms with E-state index in [1.165, 1.54) is 29.7 Å². The monoisotopic (exact) mass is 286 g/mol. The molecule has 2 saturated carbocycles. The molecule has 0 bridgehead atoms. The first-order valence-electron chi connectivity index (χ1n) is 7.62. The third kappa shape index (κ3) is 3.19. The lowest BCUT2D eigenvalue weighted by molar-refractivity contribution is 0.301. The van der Waals surface area contributed by atoms with Crippen LogP contribution < -0.4 is 5.32 Å². The Morgan fingerprint density at radius 2 is 2.10 bits per heavy atom. The molecular weight excluding hydrogens is 264 g/mol. The van der Waals surface area contributed by atoms with Gasteiger partial charge in [0.1, 0.15) is 5.54 Å². The van der Waals surface area contributed by atoms with E-state index in [-0.39, 0.29) is 5.54 Å². The van der Waals surface area contributed by atoms with Crippen LogP contribution in [0.25, 0.3) is 0 Å². The summed E-state index contributed by atoms with van der Waals surface area (Å²) in [6.07, 6.45) is 6.90. The van der Waals surface area contributed by atoms with Crippen LogP contribution in [-0.4, -0.2) is 16.8 Å². The number of nitrogens with zero attached hydrogens (tertiary/aromatic N) is 1. The molecule has 2 aliphatic carbocycles. The van der Waals surface area contributed by atoms with Crippen LogP contribution in [0, 0.1) is 18.3 Å². The molecule has 1 aromatic carbocycles. The average molecular weight is 286 g/mol. The zero-order valence-corrected chi connectivity index (χ0v) is 12.9. The third-order valence-corrected chi connectivity index (χ3v) is 5.81. The molecule has 106 valence electrons. The van der Waals surface area contributed by atoms with Crippen molar-refractivity contribution >= 4 is 11.8 Å². The highest BCUT2D eigenvalue weighted by molar-refractivity contribution is 8.00. The largest absolute Gasteiger partial charge is 0.297 e. The van der Waals surface area contributed by atoms with Crippen molar-refractivity contribution in [2.75, 3.05) is 0 Å². The lowest BCUT2D eigenvalue weighted by atomic mass is 9.82. The van der Waals surface area contributed by atoms with E-state index < -0.39 is 0 Å². The van der Waals surface area contributed by atoms with E-state index >= 15 is 0 Å². The summed E-state index contributed by atoms with van der Waals surface area (Å²) < 4.78 is 0. The van der Waals surface area contributed by atoms with Crippen LogP contribution in [0.2, 0.25) is 0 Å². The summed E-state index contributed by atoms with van der Waals surface area (Å²) in [5.41, 5.74) is 1.08. The Balaban J connectivity index is 1.68. The number of rotatable bonds is 4. The van der Waals surface area contributed by atoms with Crippen molar-refractivity contribution in [3.05, 3.63) is 29.8 Å². The molecule has 0 heterocycles. The van der Waals surface area contributed by atoms with E-state index in [0.29, 0.717) is 11.3 Å². The number of benzene rings is 1. The number of hydrogen-bond acceptors (Lipinski definition) is 3. The fourth-order valence-corrected chi connectivity index (χ4v) is 4.50. The zero-order valence-electron chi connectivity index (χ0n) is 12.1. The highest BCUT2D eigenvalue weighted by atomic mass is 32.2. The molecule has 2 unspecified atom stereocenters. The minimum Gasteiger partial charge on any atom is -0.297 e. The first-order chi connectivity index (χ1) is 9.71. The minimum absolute atomic E-state index is 0.264. The summed E-state index contributed by atoms with van der Waals surface area (Å²) in [5.74, 6) is 0. The van der Waals surface area contributed by atoms with Crippen molar-refractivity contribution in [3.63, 3.8) is 0 Å². The maximum Gasteiger partial charge on any atom is 0.108 e. The Hall–Kier alpha value is -0.980. The lowest BCUT2D eigenvalue weighted by Crippen LogP contribution is -2.49. The maximum atomic E-state index is 9.63. The first kappa shape index (κ1) is 14.0. The van der Waals surface area contributed by atoms with Crippen molar-refractivity contribution < 1.29 is 0 Å². The van der Waals surface area contributed by atoms with Crippen LogP contribution in [0.15, 0.2) is 29.2 Å². The second-order valence-corrected chi connectivity index (χ2v) is 7.56. The van der Waals surface area contributed by atoms with Gasteiger partial charge in [-0.05, 0) is 57.1 Å². The Kier molecular flexibility index (Phi) is 4.05. The van der Waals surface area contributed by atoms with Crippen LogP contribution in [0.5, 0.6) is 0 Å². The fraction of sp³-hybridized carbons (Fsp3) is 0.588. The number of aryl methyl sites for hydroxylation is 1. The van der Waals surface area contributed by atoms with E-state index in [0.717, 1.165) is 19.3 Å². The van der Waals surface area contributed by atoms with Crippen molar-refractivity contribution in [2.45, 2.75) is 67.2 Å². The molecule has 3 heteroatoms. The molecular formula is C17H22N2S. The molecule has 0 spiro atoms. The predicted molar refractivity (Wildman–Crippen MR) is 83.8 cm³/mol. The van der Waals surface area contributed by atoms with Crippen molar-refractivity contribution in [3.8, 4) is 6.07 Å². The molecule has 2 atom stereocenters. The third-order valence-electron chi connectivity index (χ3n) is 4.36. The topological polar surface area (TPSA) is 35.8 Å². The van der Waals surface area contributed by atoms with Crippen LogP contribution in [0.4, 0.5) is 0 Å². The predicted octanol–water partition coefficient (Wildman–Crippen LogP) is 4.04. The van der Waals surface area contributed by atoms with Gasteiger partial charge in [-0.15, -0.1) is 11.8 Å². The normalized spacial score (nSPS) is 29.9. The van der Waals surface area contributed by atoms with Crippen molar-refractivity contribution in [2.24, 2.45) is 0 Å². The molecule has 0 saturated heterocycles. The van der Waals surface area contributed by atoms with E-state index in [1.807, 2.05) is 11.8 Å². The van der Waals surface area contributed by atoms with Gasteiger partial charge in [-0.3, -0.25) is 5.32 Å². The Morgan fingerprint density at radius 3 is 2.80 bits per heavy atom. The van der Waals surface area contributed by atoms with Crippen molar-refractivity contribution in [1.29, 1.82) is 5.26 Å². The molecule has 0 aromatic heterocycles. The first-order valence-corrected chi connectivity index (χ1v) is 8.50. The number of nitrogens with one attached hydrogen (secondary N) is 1. The SMILES string of the molecule is Cc1ccccc1SC1CCCC(C#N)(NC2CC2)C1. The molecule has 20 heavy (non-hydrogen) atoms. The summed E-state index contributed by atoms with van der Waals surface area (Å²) in [7, 11) is 0. The zero-order chi connectivity index (χ0) is 14.0. The van der Waals surface area contributed by atoms with Gasteiger partial charge in [0, 0.05) is 16.2 Å². The molecule has 2 aliphatic rings. The van der Waals surface area contributed by atoms with Gasteiger partial charge in [-0.2, -0.15) is 5.26 Å². The van der Waals surface area contributed by atoms with E-state index in [1.54, 1.807) is 0 Å². The van der Waals surface area contributed by atoms with Crippen LogP contribution in [0.3, 0.4) is 0 Å². The molecule has 1 N–H and O–H groups in total. The minimum atomic E-state index is -0.264. The Morgan fingerprint density at radius 1 is 1.30 bits per heavy atom. The second kappa shape index (κ2) is 5.79. The smallest absolute Gasteiger partial charge is 0.108 e. The number of hydrogen-bond donors (Lipinski definition) is 1. The highest BCUT2D eigenvalue weighted by Crippen LogP contribution is 2.40. The molecule has 2 fully saturated rings. The average Bonchev–Trinajstić information content (AvgIpc) is 3.26. The quantitative estimate of drug-likeness (QED) is 0.907. The number of thioether (sulfide) groups is 1. The van der Waals surface area contributed by atoms with Gasteiger partial charge in [0.25, 0.3) is 0 Å². The van der Waals surface area contributed by atoms with Gasteiger partial charge < -0.3 is 0 Å². The van der Waals surface area contributed by atoms with Crippen LogP contribution in [-0.2, 0) is 0 Å². The van der Waals surface area contributed by atoms with E-state index in [9.17, 15) is 5.26 Å². The van der Waals surface area contributed by atoms with Crippen LogP contribution >= 0.6 is 11.8 Å². The second-order valence-electron chi connectivity index (χ2n) is 6.21. The van der Waals surface area contributed by atoms with E-state index in [2.05, 4.69) is 42.6 Å². The highest BCUT2D eigenvalue weighted by Gasteiger charge is 2.40. The summed E-state index contributed by atoms with van der Waals surface area (Å²) in [4.78, 5) is 1.37. The van der Waals surface area contributed by atoms with Gasteiger partial charge >= 0.3 is 0 Å². The van der Waals surface area contributed by atoms with Crippen LogP contribution in [0.1, 0.15) is 44.1 Å². The molecule has 0 radical (unpaired) electrons. The molecule has 0 amide bonds. The molecule has 3 rings (SSSR count). The Bertz CT molecular complexity index is 518. The van der Waals surface area contributed by atoms with Gasteiger partial charge in [0.05, 0.1) is 6.07 Å². The molecule has 2 nitrogen and oxygen atoms in total. The maximum absolute atomic E-state index is 9.63. The lowest BCUT2D eigenvalue weighted by Gasteiger charge is -2.36. The molecule has 0 aliphatic heterocycles. The fourth-order valence-electron chi connectivity index (χ4n) is 3.08. The summed E-state index contributed by atoms with van der Waals surface area (Å²) in [5, 5.41) is 13.8. The van der Waals surface area contributed by atoms with Gasteiger partial charge in [-0.1, -0.05) is 18.2 Å². The van der Waals surface area contributed by atoms with Gasteiger partial charge in [-0.25, -0.2) is 0 Å². The summed E-state index contributed by atoms with van der Waals surface area (Å²) in [6, 6.07) is 11.8. The number of nitriles is 1. The molecule has 1 aromatic rings. The summed E-state index contributed by atoms with van der Waals surface area (Å²) >= 11 is 1.97. The summed E-state index contributed by atoms with van der Waals surface area (Å²) in [6.45, 7) is 2.17. The Labute approximate surface area is 125 Å². The van der Waals surface area contributed by atoms with Gasteiger partial charge in [0.2, 0.25) is 0 Å².